The zero-order chi connectivity index (χ0) is 13.2. The summed E-state index contributed by atoms with van der Waals surface area (Å²) in [6.07, 6.45) is -7.78. The van der Waals surface area contributed by atoms with Crippen LogP contribution >= 0.6 is 12.4 Å². The second kappa shape index (κ2) is 6.21. The first-order valence-electron chi connectivity index (χ1n) is 4.61. The monoisotopic (exact) mass is 289 g/mol. The van der Waals surface area contributed by atoms with Gasteiger partial charge in [0.1, 0.15) is 11.6 Å². The number of benzene rings is 1. The fourth-order valence-electron chi connectivity index (χ4n) is 1.38. The average Bonchev–Trinajstić information content (AvgIpc) is 2.25. The van der Waals surface area contributed by atoms with Gasteiger partial charge >= 0.3 is 6.18 Å². The van der Waals surface area contributed by atoms with Gasteiger partial charge in [-0.1, -0.05) is 6.07 Å². The molecule has 0 unspecified atom stereocenters. The van der Waals surface area contributed by atoms with Crippen LogP contribution in [0.2, 0.25) is 0 Å². The highest BCUT2D eigenvalue weighted by Gasteiger charge is 2.44. The van der Waals surface area contributed by atoms with Crippen LogP contribution in [0, 0.1) is 5.82 Å². The molecule has 0 aliphatic rings. The van der Waals surface area contributed by atoms with Crippen molar-refractivity contribution in [3.8, 4) is 5.75 Å². The van der Waals surface area contributed by atoms with Gasteiger partial charge in [-0.3, -0.25) is 0 Å². The summed E-state index contributed by atoms with van der Waals surface area (Å²) in [6.45, 7) is 0. The molecular formula is C10H12ClF4NO2. The Morgan fingerprint density at radius 3 is 2.33 bits per heavy atom. The van der Waals surface area contributed by atoms with Crippen molar-refractivity contribution >= 4 is 12.4 Å². The number of rotatable bonds is 3. The van der Waals surface area contributed by atoms with Gasteiger partial charge in [0.05, 0.1) is 13.2 Å². The third-order valence-corrected chi connectivity index (χ3v) is 2.24. The maximum atomic E-state index is 13.4. The lowest BCUT2D eigenvalue weighted by molar-refractivity contribution is -0.210. The van der Waals surface area contributed by atoms with Crippen LogP contribution < -0.4 is 10.5 Å². The Morgan fingerprint density at radius 2 is 1.89 bits per heavy atom. The number of halogens is 5. The molecule has 0 fully saturated rings. The Labute approximate surface area is 107 Å². The Morgan fingerprint density at radius 1 is 1.33 bits per heavy atom. The summed E-state index contributed by atoms with van der Waals surface area (Å²) < 4.78 is 54.9. The van der Waals surface area contributed by atoms with Crippen LogP contribution in [-0.2, 0) is 0 Å². The fraction of sp³-hybridized carbons (Fsp3) is 0.400. The number of aliphatic hydroxyl groups excluding tert-OH is 1. The molecule has 104 valence electrons. The van der Waals surface area contributed by atoms with Crippen molar-refractivity contribution in [1.82, 2.24) is 0 Å². The van der Waals surface area contributed by atoms with E-state index in [0.29, 0.717) is 0 Å². The third kappa shape index (κ3) is 3.47. The number of alkyl halides is 3. The van der Waals surface area contributed by atoms with Crippen LogP contribution in [0.1, 0.15) is 11.6 Å². The Hall–Kier alpha value is -1.05. The molecule has 0 saturated carbocycles. The molecule has 1 aromatic carbocycles. The number of hydrogen-bond acceptors (Lipinski definition) is 3. The van der Waals surface area contributed by atoms with E-state index < -0.39 is 29.7 Å². The first kappa shape index (κ1) is 16.9. The second-order valence-corrected chi connectivity index (χ2v) is 3.37. The van der Waals surface area contributed by atoms with E-state index in [-0.39, 0.29) is 18.2 Å². The highest BCUT2D eigenvalue weighted by atomic mass is 35.5. The average molecular weight is 290 g/mol. The van der Waals surface area contributed by atoms with Gasteiger partial charge in [0.25, 0.3) is 0 Å². The highest BCUT2D eigenvalue weighted by molar-refractivity contribution is 5.85. The van der Waals surface area contributed by atoms with E-state index in [0.717, 1.165) is 6.07 Å². The van der Waals surface area contributed by atoms with Crippen LogP contribution in [0.25, 0.3) is 0 Å². The molecule has 0 saturated heterocycles. The zero-order valence-electron chi connectivity index (χ0n) is 9.24. The fourth-order valence-corrected chi connectivity index (χ4v) is 1.38. The lowest BCUT2D eigenvalue weighted by atomic mass is 10.0. The summed E-state index contributed by atoms with van der Waals surface area (Å²) in [6, 6.07) is 1.54. The minimum absolute atomic E-state index is 0. The molecule has 1 aromatic rings. The molecule has 18 heavy (non-hydrogen) atoms. The summed E-state index contributed by atoms with van der Waals surface area (Å²) in [7, 11) is 1.17. The summed E-state index contributed by atoms with van der Waals surface area (Å²) in [5.74, 6) is -1.10. The number of hydrogen-bond donors (Lipinski definition) is 2. The Bertz CT molecular complexity index is 400. The van der Waals surface area contributed by atoms with Gasteiger partial charge in [0, 0.05) is 5.56 Å². The highest BCUT2D eigenvalue weighted by Crippen LogP contribution is 2.34. The van der Waals surface area contributed by atoms with Crippen LogP contribution in [0.3, 0.4) is 0 Å². The number of methoxy groups -OCH3 is 1. The predicted octanol–water partition coefficient (Wildman–Crippen LogP) is 2.18. The molecule has 2 atom stereocenters. The van der Waals surface area contributed by atoms with E-state index in [1.54, 1.807) is 0 Å². The number of ether oxygens (including phenoxy) is 1. The van der Waals surface area contributed by atoms with Crippen LogP contribution in [0.15, 0.2) is 18.2 Å². The van der Waals surface area contributed by atoms with Gasteiger partial charge in [0.15, 0.2) is 6.10 Å². The summed E-state index contributed by atoms with van der Waals surface area (Å²) in [4.78, 5) is 0. The minimum Gasteiger partial charge on any atom is -0.496 e. The van der Waals surface area contributed by atoms with Gasteiger partial charge in [-0.15, -0.1) is 12.4 Å². The second-order valence-electron chi connectivity index (χ2n) is 3.37. The maximum Gasteiger partial charge on any atom is 0.416 e. The van der Waals surface area contributed by atoms with Crippen molar-refractivity contribution in [2.24, 2.45) is 5.73 Å². The van der Waals surface area contributed by atoms with Crippen LogP contribution in [-0.4, -0.2) is 24.5 Å². The van der Waals surface area contributed by atoms with E-state index in [9.17, 15) is 17.6 Å². The molecular weight excluding hydrogens is 278 g/mol. The molecule has 0 bridgehead atoms. The molecule has 0 radical (unpaired) electrons. The molecule has 3 N–H and O–H groups in total. The van der Waals surface area contributed by atoms with Crippen molar-refractivity contribution in [1.29, 1.82) is 0 Å². The standard InChI is InChI=1S/C10H11F4NO2.ClH/c1-17-6-4-2-3-5(11)7(6)8(15)9(16)10(12,13)14;/h2-4,8-9,16H,15H2,1H3;1H/t8-,9-;/m0./s1. The van der Waals surface area contributed by atoms with Crippen LogP contribution in [0.4, 0.5) is 17.6 Å². The van der Waals surface area contributed by atoms with E-state index in [2.05, 4.69) is 0 Å². The predicted molar refractivity (Wildman–Crippen MR) is 59.2 cm³/mol. The minimum atomic E-state index is -4.92. The molecule has 8 heteroatoms. The summed E-state index contributed by atoms with van der Waals surface area (Å²) in [5, 5.41) is 8.98. The molecule has 0 heterocycles. The number of nitrogens with two attached hydrogens (primary N) is 1. The van der Waals surface area contributed by atoms with Crippen molar-refractivity contribution in [3.05, 3.63) is 29.6 Å². The van der Waals surface area contributed by atoms with E-state index >= 15 is 0 Å². The van der Waals surface area contributed by atoms with E-state index in [1.165, 1.54) is 19.2 Å². The number of aliphatic hydroxyl groups is 1. The van der Waals surface area contributed by atoms with Gasteiger partial charge in [-0.2, -0.15) is 13.2 Å². The topological polar surface area (TPSA) is 55.5 Å². The molecule has 0 aliphatic heterocycles. The molecule has 0 aliphatic carbocycles. The Balaban J connectivity index is 0.00000289. The van der Waals surface area contributed by atoms with Gasteiger partial charge in [0.2, 0.25) is 0 Å². The van der Waals surface area contributed by atoms with Crippen molar-refractivity contribution in [3.63, 3.8) is 0 Å². The van der Waals surface area contributed by atoms with Gasteiger partial charge < -0.3 is 15.6 Å². The molecule has 0 aromatic heterocycles. The summed E-state index contributed by atoms with van der Waals surface area (Å²) >= 11 is 0. The van der Waals surface area contributed by atoms with Crippen molar-refractivity contribution in [2.45, 2.75) is 18.3 Å². The molecule has 3 nitrogen and oxygen atoms in total. The molecule has 0 amide bonds. The lowest BCUT2D eigenvalue weighted by Crippen LogP contribution is -2.39. The van der Waals surface area contributed by atoms with E-state index in [1.807, 2.05) is 0 Å². The lowest BCUT2D eigenvalue weighted by Gasteiger charge is -2.23. The quantitative estimate of drug-likeness (QED) is 0.839. The molecule has 1 rings (SSSR count). The first-order chi connectivity index (χ1) is 7.79. The Kier molecular flexibility index (Phi) is 5.85. The van der Waals surface area contributed by atoms with Gasteiger partial charge in [-0.05, 0) is 12.1 Å². The largest absolute Gasteiger partial charge is 0.496 e. The summed E-state index contributed by atoms with van der Waals surface area (Å²) in [5.41, 5.74) is 4.71. The molecule has 0 spiro atoms. The first-order valence-corrected chi connectivity index (χ1v) is 4.61. The zero-order valence-corrected chi connectivity index (χ0v) is 10.1. The maximum absolute atomic E-state index is 13.4. The SMILES string of the molecule is COc1cccc(F)c1[C@H](N)[C@H](O)C(F)(F)F.Cl. The smallest absolute Gasteiger partial charge is 0.416 e. The van der Waals surface area contributed by atoms with Crippen molar-refractivity contribution < 1.29 is 27.4 Å². The van der Waals surface area contributed by atoms with Gasteiger partial charge in [-0.25, -0.2) is 4.39 Å². The van der Waals surface area contributed by atoms with Crippen LogP contribution in [0.5, 0.6) is 5.75 Å². The third-order valence-electron chi connectivity index (χ3n) is 2.24. The normalized spacial score (nSPS) is 14.6. The van der Waals surface area contributed by atoms with E-state index in [4.69, 9.17) is 15.6 Å². The van der Waals surface area contributed by atoms with Crippen molar-refractivity contribution in [2.75, 3.05) is 7.11 Å².